The van der Waals surface area contributed by atoms with E-state index in [2.05, 4.69) is 5.32 Å². The molecule has 220 valence electrons. The van der Waals surface area contributed by atoms with E-state index in [1.165, 1.54) is 37.3 Å². The van der Waals surface area contributed by atoms with Gasteiger partial charge in [0, 0.05) is 18.7 Å². The maximum atomic E-state index is 14.1. The normalized spacial score (nSPS) is 12.6. The lowest BCUT2D eigenvalue weighted by Crippen LogP contribution is -2.52. The van der Waals surface area contributed by atoms with E-state index < -0.39 is 28.5 Å². The first kappa shape index (κ1) is 31.5. The second-order valence-corrected chi connectivity index (χ2v) is 11.7. The average molecular weight is 582 g/mol. The first-order chi connectivity index (χ1) is 19.5. The molecule has 0 aliphatic carbocycles. The van der Waals surface area contributed by atoms with Crippen molar-refractivity contribution in [3.8, 4) is 11.5 Å². The zero-order valence-corrected chi connectivity index (χ0v) is 25.3. The summed E-state index contributed by atoms with van der Waals surface area (Å²) in [7, 11) is -1.26. The van der Waals surface area contributed by atoms with Crippen molar-refractivity contribution in [2.24, 2.45) is 0 Å². The minimum Gasteiger partial charge on any atom is -0.493 e. The third-order valence-corrected chi connectivity index (χ3v) is 8.82. The first-order valence-electron chi connectivity index (χ1n) is 13.5. The Bertz CT molecular complexity index is 1450. The largest absolute Gasteiger partial charge is 0.493 e. The number of sulfonamides is 1. The molecule has 0 radical (unpaired) electrons. The zero-order valence-electron chi connectivity index (χ0n) is 24.5. The van der Waals surface area contributed by atoms with Crippen LogP contribution in [0.15, 0.2) is 77.7 Å². The molecule has 0 aliphatic rings. The molecule has 10 heteroatoms. The quantitative estimate of drug-likeness (QED) is 0.318. The molecule has 9 nitrogen and oxygen atoms in total. The molecule has 2 amide bonds. The number of ether oxygens (including phenoxy) is 2. The molecule has 3 aromatic carbocycles. The maximum absolute atomic E-state index is 14.1. The molecular formula is C31H39N3O6S. The van der Waals surface area contributed by atoms with Crippen LogP contribution in [0.3, 0.4) is 0 Å². The molecule has 0 aliphatic heterocycles. The summed E-state index contributed by atoms with van der Waals surface area (Å²) in [4.78, 5) is 28.7. The van der Waals surface area contributed by atoms with Crippen LogP contribution >= 0.6 is 0 Å². The summed E-state index contributed by atoms with van der Waals surface area (Å²) in [6.45, 7) is 7.02. The van der Waals surface area contributed by atoms with Gasteiger partial charge in [-0.2, -0.15) is 0 Å². The Kier molecular flexibility index (Phi) is 10.8. The van der Waals surface area contributed by atoms with Crippen molar-refractivity contribution in [2.45, 2.75) is 57.6 Å². The number of carbonyl (C=O) groups is 2. The number of hydrogen-bond acceptors (Lipinski definition) is 6. The van der Waals surface area contributed by atoms with Crippen molar-refractivity contribution < 1.29 is 27.5 Å². The van der Waals surface area contributed by atoms with E-state index >= 15 is 0 Å². The zero-order chi connectivity index (χ0) is 30.2. The number of nitrogens with zero attached hydrogens (tertiary/aromatic N) is 2. The van der Waals surface area contributed by atoms with Crippen molar-refractivity contribution in [3.05, 3.63) is 83.9 Å². The molecule has 3 rings (SSSR count). The summed E-state index contributed by atoms with van der Waals surface area (Å²) in [6.07, 6.45) is 0.729. The molecule has 1 N–H and O–H groups in total. The van der Waals surface area contributed by atoms with Crippen LogP contribution in [0.4, 0.5) is 5.69 Å². The first-order valence-corrected chi connectivity index (χ1v) is 14.9. The summed E-state index contributed by atoms with van der Waals surface area (Å²) >= 11 is 0. The van der Waals surface area contributed by atoms with Gasteiger partial charge in [-0.05, 0) is 62.6 Å². The fourth-order valence-electron chi connectivity index (χ4n) is 4.25. The number of anilines is 1. The average Bonchev–Trinajstić information content (AvgIpc) is 2.98. The van der Waals surface area contributed by atoms with Crippen LogP contribution in [0, 0.1) is 6.92 Å². The maximum Gasteiger partial charge on any atom is 0.264 e. The van der Waals surface area contributed by atoms with Crippen LogP contribution in [0.2, 0.25) is 0 Å². The monoisotopic (exact) mass is 581 g/mol. The van der Waals surface area contributed by atoms with Gasteiger partial charge in [0.05, 0.1) is 24.8 Å². The number of aryl methyl sites for hydroxylation is 1. The van der Waals surface area contributed by atoms with E-state index in [9.17, 15) is 18.0 Å². The van der Waals surface area contributed by atoms with Crippen molar-refractivity contribution in [1.29, 1.82) is 0 Å². The Labute approximate surface area is 243 Å². The van der Waals surface area contributed by atoms with Crippen LogP contribution in [0.25, 0.3) is 0 Å². The van der Waals surface area contributed by atoms with E-state index in [0.29, 0.717) is 11.5 Å². The summed E-state index contributed by atoms with van der Waals surface area (Å²) < 4.78 is 39.7. The van der Waals surface area contributed by atoms with E-state index in [1.54, 1.807) is 37.3 Å². The molecular weight excluding hydrogens is 542 g/mol. The Hall–Kier alpha value is -4.05. The highest BCUT2D eigenvalue weighted by Gasteiger charge is 2.33. The van der Waals surface area contributed by atoms with Gasteiger partial charge in [0.15, 0.2) is 11.5 Å². The summed E-state index contributed by atoms with van der Waals surface area (Å²) in [6, 6.07) is 19.2. The Morgan fingerprint density at radius 3 is 2.15 bits per heavy atom. The van der Waals surface area contributed by atoms with E-state index in [4.69, 9.17) is 9.47 Å². The summed E-state index contributed by atoms with van der Waals surface area (Å²) in [5.41, 5.74) is 2.02. The highest BCUT2D eigenvalue weighted by molar-refractivity contribution is 7.92. The summed E-state index contributed by atoms with van der Waals surface area (Å²) in [5, 5.41) is 2.94. The number of rotatable bonds is 13. The van der Waals surface area contributed by atoms with Crippen molar-refractivity contribution in [2.75, 3.05) is 25.1 Å². The van der Waals surface area contributed by atoms with Gasteiger partial charge in [-0.15, -0.1) is 0 Å². The molecule has 0 aromatic heterocycles. The van der Waals surface area contributed by atoms with Gasteiger partial charge in [-0.1, -0.05) is 49.4 Å². The Morgan fingerprint density at radius 1 is 0.902 bits per heavy atom. The number of methoxy groups -OCH3 is 2. The van der Waals surface area contributed by atoms with Gasteiger partial charge < -0.3 is 19.7 Å². The molecule has 0 saturated heterocycles. The fourth-order valence-corrected chi connectivity index (χ4v) is 5.67. The third-order valence-electron chi connectivity index (χ3n) is 7.04. The second-order valence-electron chi connectivity index (χ2n) is 9.81. The minimum atomic E-state index is -4.19. The van der Waals surface area contributed by atoms with Crippen molar-refractivity contribution in [1.82, 2.24) is 10.2 Å². The SMILES string of the molecule is CC[C@@H](C)NC(=O)[C@@H](C)N(Cc1ccccc1C)C(=O)CN(c1ccc(OC)c(OC)c1)S(=O)(=O)c1ccccc1. The van der Waals surface area contributed by atoms with Gasteiger partial charge in [0.1, 0.15) is 12.6 Å². The number of amides is 2. The van der Waals surface area contributed by atoms with Crippen molar-refractivity contribution >= 4 is 27.5 Å². The molecule has 0 heterocycles. The molecule has 3 aromatic rings. The lowest BCUT2D eigenvalue weighted by Gasteiger charge is -2.33. The number of carbonyl (C=O) groups excluding carboxylic acids is 2. The molecule has 41 heavy (non-hydrogen) atoms. The number of hydrogen-bond donors (Lipinski definition) is 1. The predicted octanol–water partition coefficient (Wildman–Crippen LogP) is 4.54. The predicted molar refractivity (Wildman–Crippen MR) is 160 cm³/mol. The van der Waals surface area contributed by atoms with Crippen LogP contribution in [0.5, 0.6) is 11.5 Å². The topological polar surface area (TPSA) is 105 Å². The highest BCUT2D eigenvalue weighted by Crippen LogP contribution is 2.34. The number of benzene rings is 3. The fraction of sp³-hybridized carbons (Fsp3) is 0.355. The third kappa shape index (κ3) is 7.58. The van der Waals surface area contributed by atoms with E-state index in [0.717, 1.165) is 21.9 Å². The van der Waals surface area contributed by atoms with Gasteiger partial charge in [0.2, 0.25) is 11.8 Å². The van der Waals surface area contributed by atoms with Gasteiger partial charge in [-0.3, -0.25) is 13.9 Å². The standard InChI is InChI=1S/C31H39N3O6S/c1-7-23(3)32-31(36)24(4)33(20-25-14-12-11-13-22(25)2)30(35)21-34(41(37,38)27-15-9-8-10-16-27)26-17-18-28(39-5)29(19-26)40-6/h8-19,23-24H,7,20-21H2,1-6H3,(H,32,36)/t23-,24-/m1/s1. The van der Waals surface area contributed by atoms with Crippen LogP contribution in [-0.4, -0.2) is 58.0 Å². The smallest absolute Gasteiger partial charge is 0.264 e. The lowest BCUT2D eigenvalue weighted by atomic mass is 10.1. The Balaban J connectivity index is 2.08. The molecule has 0 spiro atoms. The van der Waals surface area contributed by atoms with E-state index in [1.807, 2.05) is 45.0 Å². The van der Waals surface area contributed by atoms with Crippen LogP contribution in [0.1, 0.15) is 38.3 Å². The second kappa shape index (κ2) is 14.0. The van der Waals surface area contributed by atoms with Gasteiger partial charge in [0.25, 0.3) is 10.0 Å². The van der Waals surface area contributed by atoms with Crippen LogP contribution in [-0.2, 0) is 26.2 Å². The Morgan fingerprint density at radius 2 is 1.54 bits per heavy atom. The molecule has 0 fully saturated rings. The molecule has 2 atom stereocenters. The van der Waals surface area contributed by atoms with Gasteiger partial charge >= 0.3 is 0 Å². The van der Waals surface area contributed by atoms with Crippen molar-refractivity contribution in [3.63, 3.8) is 0 Å². The molecule has 0 unspecified atom stereocenters. The molecule has 0 saturated carbocycles. The van der Waals surface area contributed by atoms with Gasteiger partial charge in [-0.25, -0.2) is 8.42 Å². The molecule has 0 bridgehead atoms. The van der Waals surface area contributed by atoms with E-state index in [-0.39, 0.29) is 29.1 Å². The summed E-state index contributed by atoms with van der Waals surface area (Å²) in [5.74, 6) is -0.126. The number of nitrogens with one attached hydrogen (secondary N) is 1. The highest BCUT2D eigenvalue weighted by atomic mass is 32.2. The minimum absolute atomic E-state index is 0.0237. The van der Waals surface area contributed by atoms with Crippen LogP contribution < -0.4 is 19.1 Å². The lowest BCUT2D eigenvalue weighted by molar-refractivity contribution is -0.139.